The van der Waals surface area contributed by atoms with E-state index in [9.17, 15) is 8.42 Å². The number of nitrogens with one attached hydrogen (secondary N) is 2. The van der Waals surface area contributed by atoms with Crippen LogP contribution in [0.5, 0.6) is 0 Å². The van der Waals surface area contributed by atoms with Gasteiger partial charge in [-0.2, -0.15) is 0 Å². The Labute approximate surface area is 155 Å². The highest BCUT2D eigenvalue weighted by atomic mass is 35.5. The first kappa shape index (κ1) is 17.7. The lowest BCUT2D eigenvalue weighted by Crippen LogP contribution is -2.13. The van der Waals surface area contributed by atoms with Gasteiger partial charge in [0.2, 0.25) is 0 Å². The summed E-state index contributed by atoms with van der Waals surface area (Å²) in [4.78, 5) is 4.01. The topological polar surface area (TPSA) is 71.1 Å². The number of hydrogen-bond donors (Lipinski definition) is 2. The summed E-state index contributed by atoms with van der Waals surface area (Å²) in [5.41, 5.74) is 3.34. The third-order valence-electron chi connectivity index (χ3n) is 3.59. The molecular formula is C17H16ClN3O2S2. The summed E-state index contributed by atoms with van der Waals surface area (Å²) in [6.07, 6.45) is 0. The summed E-state index contributed by atoms with van der Waals surface area (Å²) in [5, 5.41) is 5.25. The Hall–Kier alpha value is -2.09. The van der Waals surface area contributed by atoms with E-state index >= 15 is 0 Å². The first-order chi connectivity index (χ1) is 12.0. The minimum atomic E-state index is -3.72. The molecule has 0 aliphatic rings. The molecule has 0 unspecified atom stereocenters. The van der Waals surface area contributed by atoms with E-state index in [0.717, 1.165) is 5.56 Å². The zero-order chi connectivity index (χ0) is 17.9. The van der Waals surface area contributed by atoms with Crippen molar-refractivity contribution in [3.8, 4) is 0 Å². The van der Waals surface area contributed by atoms with E-state index < -0.39 is 10.0 Å². The van der Waals surface area contributed by atoms with Crippen molar-refractivity contribution >= 4 is 44.5 Å². The SMILES string of the molecule is C[C@H](Nc1ccc(S(=O)(=O)Nc2cscn2)cc1Cl)c1ccccc1. The third kappa shape index (κ3) is 4.31. The Kier molecular flexibility index (Phi) is 5.27. The van der Waals surface area contributed by atoms with Gasteiger partial charge in [0.05, 0.1) is 21.1 Å². The van der Waals surface area contributed by atoms with Crippen molar-refractivity contribution < 1.29 is 8.42 Å². The number of anilines is 2. The molecule has 0 spiro atoms. The van der Waals surface area contributed by atoms with Gasteiger partial charge in [0.1, 0.15) is 0 Å². The van der Waals surface area contributed by atoms with E-state index in [1.807, 2.05) is 37.3 Å². The van der Waals surface area contributed by atoms with E-state index in [4.69, 9.17) is 11.6 Å². The Bertz CT molecular complexity index is 945. The molecule has 0 fully saturated rings. The minimum absolute atomic E-state index is 0.0364. The number of hydrogen-bond acceptors (Lipinski definition) is 5. The summed E-state index contributed by atoms with van der Waals surface area (Å²) >= 11 is 7.59. The van der Waals surface area contributed by atoms with Crippen LogP contribution in [0.25, 0.3) is 0 Å². The first-order valence-electron chi connectivity index (χ1n) is 7.48. The smallest absolute Gasteiger partial charge is 0.263 e. The predicted molar refractivity (Wildman–Crippen MR) is 103 cm³/mol. The Balaban J connectivity index is 1.79. The molecule has 3 aromatic rings. The van der Waals surface area contributed by atoms with Gasteiger partial charge in [-0.25, -0.2) is 13.4 Å². The molecule has 0 bridgehead atoms. The van der Waals surface area contributed by atoms with Gasteiger partial charge in [-0.3, -0.25) is 4.72 Å². The molecule has 2 aromatic carbocycles. The van der Waals surface area contributed by atoms with Gasteiger partial charge in [-0.1, -0.05) is 41.9 Å². The Morgan fingerprint density at radius 2 is 1.92 bits per heavy atom. The lowest BCUT2D eigenvalue weighted by molar-refractivity contribution is 0.601. The number of benzene rings is 2. The van der Waals surface area contributed by atoms with E-state index in [0.29, 0.717) is 16.5 Å². The van der Waals surface area contributed by atoms with Crippen LogP contribution in [-0.4, -0.2) is 13.4 Å². The quantitative estimate of drug-likeness (QED) is 0.632. The van der Waals surface area contributed by atoms with Gasteiger partial charge in [-0.15, -0.1) is 11.3 Å². The molecule has 0 aliphatic carbocycles. The first-order valence-corrected chi connectivity index (χ1v) is 10.3. The summed E-state index contributed by atoms with van der Waals surface area (Å²) in [6, 6.07) is 14.6. The number of nitrogens with zero attached hydrogens (tertiary/aromatic N) is 1. The molecule has 0 amide bonds. The molecule has 25 heavy (non-hydrogen) atoms. The van der Waals surface area contributed by atoms with Gasteiger partial charge < -0.3 is 5.32 Å². The molecule has 1 aromatic heterocycles. The van der Waals surface area contributed by atoms with Crippen molar-refractivity contribution in [2.75, 3.05) is 10.0 Å². The third-order valence-corrected chi connectivity index (χ3v) is 5.85. The molecule has 0 aliphatic heterocycles. The molecule has 1 atom stereocenters. The number of rotatable bonds is 6. The molecule has 0 saturated heterocycles. The van der Waals surface area contributed by atoms with E-state index in [2.05, 4.69) is 15.0 Å². The van der Waals surface area contributed by atoms with E-state index in [1.54, 1.807) is 17.0 Å². The number of thiazole rings is 1. The highest BCUT2D eigenvalue weighted by molar-refractivity contribution is 7.92. The monoisotopic (exact) mass is 393 g/mol. The molecule has 8 heteroatoms. The average Bonchev–Trinajstić information content (AvgIpc) is 3.09. The maximum absolute atomic E-state index is 12.4. The summed E-state index contributed by atoms with van der Waals surface area (Å²) in [6.45, 7) is 2.01. The van der Waals surface area contributed by atoms with Crippen LogP contribution in [0.3, 0.4) is 0 Å². The van der Waals surface area contributed by atoms with Gasteiger partial charge in [-0.05, 0) is 30.7 Å². The number of aromatic nitrogens is 1. The Morgan fingerprint density at radius 1 is 1.16 bits per heavy atom. The van der Waals surface area contributed by atoms with Crippen molar-refractivity contribution in [1.82, 2.24) is 4.98 Å². The van der Waals surface area contributed by atoms with Crippen molar-refractivity contribution in [3.63, 3.8) is 0 Å². The van der Waals surface area contributed by atoms with Crippen LogP contribution in [0, 0.1) is 0 Å². The van der Waals surface area contributed by atoms with Gasteiger partial charge in [0.15, 0.2) is 5.82 Å². The van der Waals surface area contributed by atoms with Crippen molar-refractivity contribution in [2.24, 2.45) is 0 Å². The maximum atomic E-state index is 12.4. The van der Waals surface area contributed by atoms with Crippen molar-refractivity contribution in [3.05, 3.63) is 70.0 Å². The van der Waals surface area contributed by atoms with Crippen LogP contribution in [0.15, 0.2) is 64.3 Å². The van der Waals surface area contributed by atoms with Crippen LogP contribution in [0.2, 0.25) is 5.02 Å². The fraction of sp³-hybridized carbons (Fsp3) is 0.118. The lowest BCUT2D eigenvalue weighted by Gasteiger charge is -2.17. The second-order valence-corrected chi connectivity index (χ2v) is 8.21. The van der Waals surface area contributed by atoms with Crippen LogP contribution in [0.4, 0.5) is 11.5 Å². The average molecular weight is 394 g/mol. The molecule has 130 valence electrons. The largest absolute Gasteiger partial charge is 0.377 e. The van der Waals surface area contributed by atoms with Crippen LogP contribution >= 0.6 is 22.9 Å². The van der Waals surface area contributed by atoms with Gasteiger partial charge in [0, 0.05) is 11.4 Å². The zero-order valence-electron chi connectivity index (χ0n) is 13.3. The number of halogens is 1. The zero-order valence-corrected chi connectivity index (χ0v) is 15.7. The highest BCUT2D eigenvalue weighted by Crippen LogP contribution is 2.29. The van der Waals surface area contributed by atoms with Gasteiger partial charge >= 0.3 is 0 Å². The molecule has 2 N–H and O–H groups in total. The van der Waals surface area contributed by atoms with Crippen LogP contribution in [-0.2, 0) is 10.0 Å². The van der Waals surface area contributed by atoms with E-state index in [-0.39, 0.29) is 10.9 Å². The molecule has 0 saturated carbocycles. The predicted octanol–water partition coefficient (Wildman–Crippen LogP) is 4.77. The normalized spacial score (nSPS) is 12.6. The Morgan fingerprint density at radius 3 is 2.56 bits per heavy atom. The van der Waals surface area contributed by atoms with Crippen LogP contribution < -0.4 is 10.0 Å². The van der Waals surface area contributed by atoms with Gasteiger partial charge in [0.25, 0.3) is 10.0 Å². The molecule has 5 nitrogen and oxygen atoms in total. The molecule has 3 rings (SSSR count). The minimum Gasteiger partial charge on any atom is -0.377 e. The second-order valence-electron chi connectivity index (χ2n) is 5.40. The van der Waals surface area contributed by atoms with Crippen molar-refractivity contribution in [1.29, 1.82) is 0 Å². The van der Waals surface area contributed by atoms with Crippen molar-refractivity contribution in [2.45, 2.75) is 17.9 Å². The molecule has 0 radical (unpaired) electrons. The fourth-order valence-electron chi connectivity index (χ4n) is 2.30. The highest BCUT2D eigenvalue weighted by Gasteiger charge is 2.17. The fourth-order valence-corrected chi connectivity index (χ4v) is 4.18. The maximum Gasteiger partial charge on any atom is 0.263 e. The summed E-state index contributed by atoms with van der Waals surface area (Å²) in [5.74, 6) is 0.293. The summed E-state index contributed by atoms with van der Waals surface area (Å²) < 4.78 is 27.2. The second kappa shape index (κ2) is 7.43. The van der Waals surface area contributed by atoms with E-state index in [1.165, 1.54) is 23.5 Å². The molecule has 1 heterocycles. The molecular weight excluding hydrogens is 378 g/mol. The number of sulfonamides is 1. The lowest BCUT2D eigenvalue weighted by atomic mass is 10.1. The standard InChI is InChI=1S/C17H16ClN3O2S2/c1-12(13-5-3-2-4-6-13)20-16-8-7-14(9-15(16)18)25(22,23)21-17-10-24-11-19-17/h2-12,20-21H,1H3/t12-/m0/s1. The van der Waals surface area contributed by atoms with Crippen LogP contribution in [0.1, 0.15) is 18.5 Å². The summed E-state index contributed by atoms with van der Waals surface area (Å²) in [7, 11) is -3.72.